The topological polar surface area (TPSA) is 17.1 Å². The summed E-state index contributed by atoms with van der Waals surface area (Å²) >= 11 is 0. The van der Waals surface area contributed by atoms with Crippen LogP contribution in [0.2, 0.25) is 0 Å². The molecule has 1 heteroatoms. The van der Waals surface area contributed by atoms with Gasteiger partial charge in [0.25, 0.3) is 0 Å². The highest BCUT2D eigenvalue weighted by Gasteiger charge is 2.31. The van der Waals surface area contributed by atoms with E-state index in [1.165, 1.54) is 37.7 Å². The molecule has 2 aliphatic rings. The minimum atomic E-state index is 0.466. The van der Waals surface area contributed by atoms with Gasteiger partial charge in [-0.25, -0.2) is 0 Å². The fraction of sp³-hybridized carbons (Fsp3) is 0.769. The highest BCUT2D eigenvalue weighted by molar-refractivity contribution is 5.99. The Bertz CT molecular complexity index is 262. The number of ketones is 1. The van der Waals surface area contributed by atoms with Crippen molar-refractivity contribution in [2.75, 3.05) is 0 Å². The summed E-state index contributed by atoms with van der Waals surface area (Å²) in [5.41, 5.74) is 2.77. The van der Waals surface area contributed by atoms with E-state index in [-0.39, 0.29) is 0 Å². The van der Waals surface area contributed by atoms with Crippen molar-refractivity contribution in [3.63, 3.8) is 0 Å². The molecule has 1 unspecified atom stereocenters. The Labute approximate surface area is 86.6 Å². The van der Waals surface area contributed by atoms with Crippen molar-refractivity contribution in [2.24, 2.45) is 5.92 Å². The van der Waals surface area contributed by atoms with Crippen molar-refractivity contribution < 1.29 is 4.79 Å². The second kappa shape index (κ2) is 4.29. The second-order valence-electron chi connectivity index (χ2n) is 4.68. The molecule has 0 heterocycles. The molecule has 1 atom stereocenters. The molecule has 0 aromatic heterocycles. The molecule has 0 amide bonds. The van der Waals surface area contributed by atoms with Gasteiger partial charge in [0.05, 0.1) is 0 Å². The molecule has 2 rings (SSSR count). The Kier molecular flexibility index (Phi) is 3.05. The molecule has 0 N–H and O–H groups in total. The van der Waals surface area contributed by atoms with Crippen LogP contribution in [0.3, 0.4) is 0 Å². The minimum Gasteiger partial charge on any atom is -0.295 e. The van der Waals surface area contributed by atoms with E-state index < -0.39 is 0 Å². The summed E-state index contributed by atoms with van der Waals surface area (Å²) < 4.78 is 0. The van der Waals surface area contributed by atoms with Gasteiger partial charge in [0.2, 0.25) is 0 Å². The smallest absolute Gasteiger partial charge is 0.159 e. The molecule has 0 bridgehead atoms. The van der Waals surface area contributed by atoms with Crippen LogP contribution in [0.15, 0.2) is 11.1 Å². The number of allylic oxidation sites excluding steroid dienone is 2. The van der Waals surface area contributed by atoms with Gasteiger partial charge in [-0.15, -0.1) is 0 Å². The third-order valence-corrected chi connectivity index (χ3v) is 3.65. The molecule has 0 aromatic carbocycles. The normalized spacial score (nSPS) is 27.8. The van der Waals surface area contributed by atoms with E-state index >= 15 is 0 Å². The zero-order chi connectivity index (χ0) is 9.97. The maximum atomic E-state index is 11.8. The van der Waals surface area contributed by atoms with Gasteiger partial charge in [0.15, 0.2) is 5.78 Å². The molecule has 14 heavy (non-hydrogen) atoms. The molecule has 0 aliphatic heterocycles. The average molecular weight is 192 g/mol. The van der Waals surface area contributed by atoms with Gasteiger partial charge in [-0.05, 0) is 37.2 Å². The van der Waals surface area contributed by atoms with E-state index in [2.05, 4.69) is 6.92 Å². The van der Waals surface area contributed by atoms with Crippen molar-refractivity contribution in [3.05, 3.63) is 11.1 Å². The Morgan fingerprint density at radius 2 is 2.14 bits per heavy atom. The van der Waals surface area contributed by atoms with Crippen molar-refractivity contribution in [3.8, 4) is 0 Å². The van der Waals surface area contributed by atoms with Crippen molar-refractivity contribution in [1.29, 1.82) is 0 Å². The van der Waals surface area contributed by atoms with Crippen LogP contribution in [0.25, 0.3) is 0 Å². The standard InChI is InChI=1S/C13H20O/c1-2-6-12-11-8-5-3-4-7-10(11)9-13(12)14/h10H,2-9H2,1H3. The Balaban J connectivity index is 2.21. The summed E-state index contributed by atoms with van der Waals surface area (Å²) in [5, 5.41) is 0. The van der Waals surface area contributed by atoms with Gasteiger partial charge in [-0.1, -0.05) is 31.8 Å². The first-order chi connectivity index (χ1) is 6.83. The summed E-state index contributed by atoms with van der Waals surface area (Å²) in [7, 11) is 0. The molecular weight excluding hydrogens is 172 g/mol. The molecule has 1 saturated carbocycles. The van der Waals surface area contributed by atoms with Crippen molar-refractivity contribution in [1.82, 2.24) is 0 Å². The van der Waals surface area contributed by atoms with Crippen LogP contribution in [0.4, 0.5) is 0 Å². The fourth-order valence-electron chi connectivity index (χ4n) is 2.96. The lowest BCUT2D eigenvalue weighted by atomic mass is 9.95. The fourth-order valence-corrected chi connectivity index (χ4v) is 2.96. The lowest BCUT2D eigenvalue weighted by molar-refractivity contribution is -0.115. The predicted octanol–water partition coefficient (Wildman–Crippen LogP) is 3.64. The first-order valence-electron chi connectivity index (χ1n) is 6.08. The molecule has 1 fully saturated rings. The first kappa shape index (κ1) is 9.95. The summed E-state index contributed by atoms with van der Waals surface area (Å²) in [6.07, 6.45) is 9.49. The maximum absolute atomic E-state index is 11.8. The first-order valence-corrected chi connectivity index (χ1v) is 6.08. The van der Waals surface area contributed by atoms with Crippen molar-refractivity contribution in [2.45, 2.75) is 58.3 Å². The number of carbonyl (C=O) groups excluding carboxylic acids is 1. The van der Waals surface area contributed by atoms with Crippen LogP contribution in [0, 0.1) is 5.92 Å². The average Bonchev–Trinajstić information content (AvgIpc) is 2.39. The quantitative estimate of drug-likeness (QED) is 0.653. The predicted molar refractivity (Wildman–Crippen MR) is 58.1 cm³/mol. The molecule has 1 nitrogen and oxygen atoms in total. The van der Waals surface area contributed by atoms with Crippen LogP contribution in [-0.2, 0) is 4.79 Å². The van der Waals surface area contributed by atoms with Gasteiger partial charge < -0.3 is 0 Å². The van der Waals surface area contributed by atoms with Crippen LogP contribution < -0.4 is 0 Å². The van der Waals surface area contributed by atoms with E-state index in [0.717, 1.165) is 19.3 Å². The summed E-state index contributed by atoms with van der Waals surface area (Å²) in [6, 6.07) is 0. The molecule has 0 saturated heterocycles. The van der Waals surface area contributed by atoms with Gasteiger partial charge >= 0.3 is 0 Å². The largest absolute Gasteiger partial charge is 0.295 e. The van der Waals surface area contributed by atoms with Crippen molar-refractivity contribution >= 4 is 5.78 Å². The summed E-state index contributed by atoms with van der Waals surface area (Å²) in [5.74, 6) is 1.11. The number of Topliss-reactive ketones (excluding diaryl/α,β-unsaturated/α-hetero) is 1. The van der Waals surface area contributed by atoms with Gasteiger partial charge in [0.1, 0.15) is 0 Å². The van der Waals surface area contributed by atoms with Crippen LogP contribution in [-0.4, -0.2) is 5.78 Å². The number of carbonyl (C=O) groups is 1. The molecule has 2 aliphatic carbocycles. The zero-order valence-corrected chi connectivity index (χ0v) is 9.14. The lowest BCUT2D eigenvalue weighted by Gasteiger charge is -2.09. The van der Waals surface area contributed by atoms with Gasteiger partial charge in [-0.3, -0.25) is 4.79 Å². The van der Waals surface area contributed by atoms with E-state index in [1.807, 2.05) is 0 Å². The molecule has 0 radical (unpaired) electrons. The Hall–Kier alpha value is -0.590. The van der Waals surface area contributed by atoms with Crippen LogP contribution >= 0.6 is 0 Å². The SMILES string of the molecule is CCCC1=C2CCCCCC2CC1=O. The van der Waals surface area contributed by atoms with E-state index in [4.69, 9.17) is 0 Å². The van der Waals surface area contributed by atoms with E-state index in [1.54, 1.807) is 5.57 Å². The highest BCUT2D eigenvalue weighted by Crippen LogP contribution is 2.40. The number of rotatable bonds is 2. The van der Waals surface area contributed by atoms with Crippen LogP contribution in [0.5, 0.6) is 0 Å². The maximum Gasteiger partial charge on any atom is 0.159 e. The van der Waals surface area contributed by atoms with E-state index in [9.17, 15) is 4.79 Å². The van der Waals surface area contributed by atoms with Crippen LogP contribution in [0.1, 0.15) is 58.3 Å². The molecule has 0 aromatic rings. The van der Waals surface area contributed by atoms with E-state index in [0.29, 0.717) is 11.7 Å². The Morgan fingerprint density at radius 3 is 2.93 bits per heavy atom. The third-order valence-electron chi connectivity index (χ3n) is 3.65. The minimum absolute atomic E-state index is 0.466. The third kappa shape index (κ3) is 1.77. The molecule has 78 valence electrons. The van der Waals surface area contributed by atoms with Gasteiger partial charge in [0, 0.05) is 6.42 Å². The number of hydrogen-bond donors (Lipinski definition) is 0. The monoisotopic (exact) mass is 192 g/mol. The highest BCUT2D eigenvalue weighted by atomic mass is 16.1. The Morgan fingerprint density at radius 1 is 1.29 bits per heavy atom. The second-order valence-corrected chi connectivity index (χ2v) is 4.68. The lowest BCUT2D eigenvalue weighted by Crippen LogP contribution is -1.98. The van der Waals surface area contributed by atoms with Gasteiger partial charge in [-0.2, -0.15) is 0 Å². The summed E-state index contributed by atoms with van der Waals surface area (Å²) in [4.78, 5) is 11.8. The molecular formula is C13H20O. The zero-order valence-electron chi connectivity index (χ0n) is 9.14. The molecule has 0 spiro atoms. The summed E-state index contributed by atoms with van der Waals surface area (Å²) in [6.45, 7) is 2.17. The number of hydrogen-bond acceptors (Lipinski definition) is 1. The number of fused-ring (bicyclic) bond motifs is 1.